The van der Waals surface area contributed by atoms with Crippen LogP contribution in [-0.2, 0) is 19.1 Å². The van der Waals surface area contributed by atoms with Gasteiger partial charge in [-0.1, -0.05) is 19.1 Å². The van der Waals surface area contributed by atoms with Crippen LogP contribution in [0.5, 0.6) is 0 Å². The second-order valence-electron chi connectivity index (χ2n) is 8.59. The molecule has 0 unspecified atom stereocenters. The van der Waals surface area contributed by atoms with E-state index in [4.69, 9.17) is 4.74 Å². The van der Waals surface area contributed by atoms with Crippen molar-refractivity contribution >= 4 is 17.8 Å². The van der Waals surface area contributed by atoms with Crippen molar-refractivity contribution in [2.24, 2.45) is 23.7 Å². The number of rotatable bonds is 5. The molecular weight excluding hydrogens is 348 g/mol. The lowest BCUT2D eigenvalue weighted by atomic mass is 9.70. The van der Waals surface area contributed by atoms with Gasteiger partial charge >= 0.3 is 5.97 Å². The molecule has 6 atom stereocenters. The van der Waals surface area contributed by atoms with E-state index in [-0.39, 0.29) is 30.9 Å². The van der Waals surface area contributed by atoms with Gasteiger partial charge in [0, 0.05) is 11.5 Å². The number of aliphatic hydroxyl groups is 1. The van der Waals surface area contributed by atoms with E-state index in [1.807, 2.05) is 39.8 Å². The molecule has 2 N–H and O–H groups in total. The van der Waals surface area contributed by atoms with Gasteiger partial charge in [0.25, 0.3) is 0 Å². The maximum atomic E-state index is 13.3. The molecule has 1 heterocycles. The molecule has 152 valence electrons. The van der Waals surface area contributed by atoms with Crippen molar-refractivity contribution < 1.29 is 24.2 Å². The van der Waals surface area contributed by atoms with Crippen LogP contribution in [0, 0.1) is 23.7 Å². The number of hydrogen-bond acceptors (Lipinski definition) is 5. The van der Waals surface area contributed by atoms with Gasteiger partial charge in [-0.3, -0.25) is 14.4 Å². The summed E-state index contributed by atoms with van der Waals surface area (Å²) < 4.78 is 5.21. The molecule has 0 spiro atoms. The van der Waals surface area contributed by atoms with Crippen molar-refractivity contribution in [2.45, 2.75) is 59.2 Å². The Balaban J connectivity index is 2.46. The third kappa shape index (κ3) is 4.18. The quantitative estimate of drug-likeness (QED) is 0.550. The number of fused-ring (bicyclic) bond motifs is 1. The predicted octanol–water partition coefficient (Wildman–Crippen LogP) is 1.11. The summed E-state index contributed by atoms with van der Waals surface area (Å²) in [5, 5.41) is 12.6. The zero-order valence-electron chi connectivity index (χ0n) is 17.1. The van der Waals surface area contributed by atoms with Crippen LogP contribution < -0.4 is 5.32 Å². The maximum absolute atomic E-state index is 13.3. The van der Waals surface area contributed by atoms with Crippen molar-refractivity contribution in [2.75, 3.05) is 13.2 Å². The summed E-state index contributed by atoms with van der Waals surface area (Å²) >= 11 is 0. The van der Waals surface area contributed by atoms with Gasteiger partial charge in [-0.2, -0.15) is 0 Å². The number of likely N-dealkylation sites (tertiary alicyclic amines) is 1. The lowest BCUT2D eigenvalue weighted by Gasteiger charge is -2.34. The Morgan fingerprint density at radius 1 is 1.33 bits per heavy atom. The molecule has 1 fully saturated rings. The summed E-state index contributed by atoms with van der Waals surface area (Å²) in [5.74, 6) is -2.84. The molecule has 0 aromatic rings. The van der Waals surface area contributed by atoms with E-state index in [0.717, 1.165) is 0 Å². The molecule has 0 saturated carbocycles. The molecule has 27 heavy (non-hydrogen) atoms. The minimum atomic E-state index is -0.760. The summed E-state index contributed by atoms with van der Waals surface area (Å²) in [5.41, 5.74) is -0.460. The summed E-state index contributed by atoms with van der Waals surface area (Å²) in [7, 11) is 0. The second-order valence-corrected chi connectivity index (χ2v) is 8.59. The lowest BCUT2D eigenvalue weighted by Crippen LogP contribution is -2.55. The smallest absolute Gasteiger partial charge is 0.310 e. The van der Waals surface area contributed by atoms with Crippen LogP contribution in [0.1, 0.15) is 41.5 Å². The average molecular weight is 380 g/mol. The Morgan fingerprint density at radius 3 is 2.48 bits per heavy atom. The highest BCUT2D eigenvalue weighted by Crippen LogP contribution is 2.45. The molecule has 0 radical (unpaired) electrons. The van der Waals surface area contributed by atoms with Crippen LogP contribution in [0.15, 0.2) is 12.2 Å². The van der Waals surface area contributed by atoms with Gasteiger partial charge in [-0.25, -0.2) is 0 Å². The molecule has 2 aliphatic rings. The molecule has 7 heteroatoms. The number of nitrogens with one attached hydrogen (secondary N) is 1. The Labute approximate surface area is 161 Å². The minimum Gasteiger partial charge on any atom is -0.466 e. The van der Waals surface area contributed by atoms with Crippen LogP contribution in [0.25, 0.3) is 0 Å². The van der Waals surface area contributed by atoms with Crippen LogP contribution >= 0.6 is 0 Å². The zero-order valence-corrected chi connectivity index (χ0v) is 17.1. The largest absolute Gasteiger partial charge is 0.466 e. The summed E-state index contributed by atoms with van der Waals surface area (Å²) in [6, 6.07) is -1.28. The van der Waals surface area contributed by atoms with Crippen LogP contribution in [0.4, 0.5) is 0 Å². The molecule has 2 rings (SSSR count). The Morgan fingerprint density at radius 2 is 1.96 bits per heavy atom. The first-order valence-electron chi connectivity index (χ1n) is 9.63. The Hall–Kier alpha value is -1.89. The number of hydrogen-bond donors (Lipinski definition) is 2. The first kappa shape index (κ1) is 21.4. The fourth-order valence-corrected chi connectivity index (χ4v) is 4.15. The Kier molecular flexibility index (Phi) is 6.35. The van der Waals surface area contributed by atoms with Crippen molar-refractivity contribution in [1.29, 1.82) is 0 Å². The Bertz CT molecular complexity index is 624. The van der Waals surface area contributed by atoms with Crippen molar-refractivity contribution in [3.63, 3.8) is 0 Å². The molecule has 7 nitrogen and oxygen atoms in total. The van der Waals surface area contributed by atoms with Gasteiger partial charge in [0.05, 0.1) is 31.1 Å². The van der Waals surface area contributed by atoms with Gasteiger partial charge in [0.15, 0.2) is 0 Å². The highest BCUT2D eigenvalue weighted by molar-refractivity contribution is 5.96. The zero-order chi connectivity index (χ0) is 20.5. The van der Waals surface area contributed by atoms with E-state index >= 15 is 0 Å². The number of aliphatic hydroxyl groups excluding tert-OH is 1. The fourth-order valence-electron chi connectivity index (χ4n) is 4.15. The SMILES string of the molecule is CCOC(=O)[C@H]1[C@H]2C(=O)N([C@H](C)CO)[C@H](C(=O)NC(C)(C)C)[C@H]2C=C[C@H]1C. The number of carbonyl (C=O) groups is 3. The topological polar surface area (TPSA) is 95.9 Å². The molecule has 1 aliphatic heterocycles. The second kappa shape index (κ2) is 8.00. The standard InChI is InChI=1S/C20H32N2O5/c1-7-27-19(26)14-11(2)8-9-13-15(14)18(25)22(12(3)10-23)16(13)17(24)21-20(4,5)6/h8-9,11-16,23H,7,10H2,1-6H3,(H,21,24)/t11-,12-,13+,14-,15+,16+/m1/s1. The van der Waals surface area contributed by atoms with Crippen molar-refractivity contribution in [3.8, 4) is 0 Å². The number of carbonyl (C=O) groups excluding carboxylic acids is 3. The molecule has 0 bridgehead atoms. The normalized spacial score (nSPS) is 31.4. The summed E-state index contributed by atoms with van der Waals surface area (Å²) in [4.78, 5) is 40.3. The highest BCUT2D eigenvalue weighted by atomic mass is 16.5. The molecule has 2 amide bonds. The van der Waals surface area contributed by atoms with Gasteiger partial charge in [-0.05, 0) is 40.5 Å². The number of nitrogens with zero attached hydrogens (tertiary/aromatic N) is 1. The van der Waals surface area contributed by atoms with E-state index in [1.165, 1.54) is 4.90 Å². The van der Waals surface area contributed by atoms with Gasteiger partial charge in [-0.15, -0.1) is 0 Å². The highest BCUT2D eigenvalue weighted by Gasteiger charge is 2.58. The van der Waals surface area contributed by atoms with E-state index in [2.05, 4.69) is 5.32 Å². The van der Waals surface area contributed by atoms with Gasteiger partial charge in [0.2, 0.25) is 11.8 Å². The van der Waals surface area contributed by atoms with Crippen LogP contribution in [0.3, 0.4) is 0 Å². The van der Waals surface area contributed by atoms with Crippen molar-refractivity contribution in [3.05, 3.63) is 12.2 Å². The van der Waals surface area contributed by atoms with Crippen LogP contribution in [0.2, 0.25) is 0 Å². The first-order chi connectivity index (χ1) is 12.5. The summed E-state index contributed by atoms with van der Waals surface area (Å²) in [6.07, 6.45) is 3.76. The monoisotopic (exact) mass is 380 g/mol. The van der Waals surface area contributed by atoms with E-state index in [9.17, 15) is 19.5 Å². The molecule has 1 saturated heterocycles. The molecule has 0 aromatic carbocycles. The van der Waals surface area contributed by atoms with E-state index in [0.29, 0.717) is 0 Å². The van der Waals surface area contributed by atoms with Crippen LogP contribution in [-0.4, -0.2) is 58.6 Å². The van der Waals surface area contributed by atoms with Gasteiger partial charge < -0.3 is 20.1 Å². The maximum Gasteiger partial charge on any atom is 0.310 e. The first-order valence-corrected chi connectivity index (χ1v) is 9.63. The number of ether oxygens (including phenoxy) is 1. The number of amides is 2. The molecular formula is C20H32N2O5. The van der Waals surface area contributed by atoms with E-state index < -0.39 is 41.3 Å². The van der Waals surface area contributed by atoms with Crippen molar-refractivity contribution in [1.82, 2.24) is 10.2 Å². The third-order valence-electron chi connectivity index (χ3n) is 5.27. The lowest BCUT2D eigenvalue weighted by molar-refractivity contribution is -0.155. The number of allylic oxidation sites excluding steroid dienone is 1. The summed E-state index contributed by atoms with van der Waals surface area (Å²) in [6.45, 7) is 10.9. The molecule has 1 aliphatic carbocycles. The third-order valence-corrected chi connectivity index (χ3v) is 5.27. The fraction of sp³-hybridized carbons (Fsp3) is 0.750. The van der Waals surface area contributed by atoms with E-state index in [1.54, 1.807) is 13.8 Å². The minimum absolute atomic E-state index is 0.162. The average Bonchev–Trinajstić information content (AvgIpc) is 2.85. The predicted molar refractivity (Wildman–Crippen MR) is 100 cm³/mol. The van der Waals surface area contributed by atoms with Gasteiger partial charge in [0.1, 0.15) is 6.04 Å². The number of esters is 1. The molecule has 0 aromatic heterocycles.